The fraction of sp³-hybridized carbons (Fsp3) is 0.382. The average molecular weight is 625 g/mol. The molecule has 6 rings (SSSR count). The number of carbonyl (C=O) groups is 5. The number of hydrogen-bond acceptors (Lipinski definition) is 12. The van der Waals surface area contributed by atoms with E-state index in [1.54, 1.807) is 43.4 Å². The Morgan fingerprint density at radius 3 is 2.17 bits per heavy atom. The highest BCUT2D eigenvalue weighted by molar-refractivity contribution is 6.26. The fourth-order valence-corrected chi connectivity index (χ4v) is 7.62. The number of methoxy groups -OCH3 is 2. The molecule has 0 spiro atoms. The first-order valence-corrected chi connectivity index (χ1v) is 14.8. The lowest BCUT2D eigenvalue weighted by molar-refractivity contribution is -0.142. The Morgan fingerprint density at radius 2 is 1.59 bits per heavy atom. The van der Waals surface area contributed by atoms with Gasteiger partial charge in [0.1, 0.15) is 12.6 Å². The van der Waals surface area contributed by atoms with Gasteiger partial charge in [-0.15, -0.1) is 0 Å². The number of fused-ring (bicyclic) bond motifs is 5. The summed E-state index contributed by atoms with van der Waals surface area (Å²) in [7, 11) is 4.43. The summed E-state index contributed by atoms with van der Waals surface area (Å²) in [5.74, 6) is -2.51. The van der Waals surface area contributed by atoms with Gasteiger partial charge in [0.05, 0.1) is 32.4 Å². The monoisotopic (exact) mass is 624 g/mol. The molecule has 5 atom stereocenters. The van der Waals surface area contributed by atoms with Crippen LogP contribution in [0.4, 0.5) is 0 Å². The smallest absolute Gasteiger partial charge is 0.330 e. The lowest BCUT2D eigenvalue weighted by atomic mass is 9.67. The molecule has 0 N–H and O–H groups in total. The summed E-state index contributed by atoms with van der Waals surface area (Å²) in [5.41, 5.74) is 1.93. The van der Waals surface area contributed by atoms with Gasteiger partial charge in [0.25, 0.3) is 0 Å². The predicted molar refractivity (Wildman–Crippen MR) is 161 cm³/mol. The molecule has 1 saturated heterocycles. The number of likely N-dealkylation sites (N-methyl/N-ethyl adjacent to an activating group) is 1. The topological polar surface area (TPSA) is 156 Å². The molecular formula is C34H32N4O8. The van der Waals surface area contributed by atoms with E-state index in [2.05, 4.69) is 11.1 Å². The molecule has 0 amide bonds. The van der Waals surface area contributed by atoms with Crippen molar-refractivity contribution < 1.29 is 38.2 Å². The number of carbonyl (C=O) groups excluding carboxylic acids is 5. The number of esters is 1. The summed E-state index contributed by atoms with van der Waals surface area (Å²) in [4.78, 5) is 75.8. The quantitative estimate of drug-likeness (QED) is 0.257. The normalized spacial score (nSPS) is 28.3. The highest BCUT2D eigenvalue weighted by Crippen LogP contribution is 2.49. The molecule has 0 radical (unpaired) electrons. The minimum Gasteiger partial charge on any atom is -0.492 e. The molecule has 1 fully saturated rings. The third kappa shape index (κ3) is 4.57. The molecule has 236 valence electrons. The van der Waals surface area contributed by atoms with Gasteiger partial charge in [-0.25, -0.2) is 4.79 Å². The van der Waals surface area contributed by atoms with E-state index in [0.717, 1.165) is 0 Å². The Bertz CT molecular complexity index is 1790. The first-order valence-electron chi connectivity index (χ1n) is 14.8. The van der Waals surface area contributed by atoms with Gasteiger partial charge in [0.15, 0.2) is 23.1 Å². The highest BCUT2D eigenvalue weighted by Gasteiger charge is 2.60. The van der Waals surface area contributed by atoms with Crippen molar-refractivity contribution in [2.75, 3.05) is 27.9 Å². The SMILES string of the molecule is COC1=C(C)C(=O)C2=C(C1=O)[C@@H]1[C@@H]3CC4=C(C(=O)C(OC)=C(C)C4=O)[C@H](COC(=O)/C=C/c4cccnc4)N3[C@@H](C#N)[C@H](C2)N1C. The zero-order valence-electron chi connectivity index (χ0n) is 26.0. The fourth-order valence-electron chi connectivity index (χ4n) is 7.62. The number of Topliss-reactive ketones (excluding diaryl/α,β-unsaturated/α-hetero) is 4. The van der Waals surface area contributed by atoms with E-state index in [-0.39, 0.29) is 64.6 Å². The minimum atomic E-state index is -1.02. The van der Waals surface area contributed by atoms with Gasteiger partial charge in [-0.2, -0.15) is 5.26 Å². The third-order valence-electron chi connectivity index (χ3n) is 9.69. The van der Waals surface area contributed by atoms with Crippen LogP contribution in [0.5, 0.6) is 0 Å². The van der Waals surface area contributed by atoms with Crippen molar-refractivity contribution in [3.05, 3.63) is 81.1 Å². The number of pyridine rings is 1. The molecule has 1 aromatic heterocycles. The van der Waals surface area contributed by atoms with E-state index in [4.69, 9.17) is 14.2 Å². The van der Waals surface area contributed by atoms with Crippen LogP contribution in [0.2, 0.25) is 0 Å². The van der Waals surface area contributed by atoms with Crippen LogP contribution in [-0.2, 0) is 38.2 Å². The van der Waals surface area contributed by atoms with Crippen molar-refractivity contribution in [2.24, 2.45) is 0 Å². The summed E-state index contributed by atoms with van der Waals surface area (Å²) in [6.45, 7) is 2.70. The molecule has 4 heterocycles. The largest absolute Gasteiger partial charge is 0.492 e. The molecule has 2 aliphatic carbocycles. The van der Waals surface area contributed by atoms with E-state index in [1.165, 1.54) is 33.3 Å². The third-order valence-corrected chi connectivity index (χ3v) is 9.69. The maximum atomic E-state index is 13.9. The summed E-state index contributed by atoms with van der Waals surface area (Å²) >= 11 is 0. The van der Waals surface area contributed by atoms with Crippen LogP contribution in [-0.4, -0.2) is 102 Å². The Hall–Kier alpha value is -4.99. The van der Waals surface area contributed by atoms with Crippen LogP contribution in [0.1, 0.15) is 32.3 Å². The predicted octanol–water partition coefficient (Wildman–Crippen LogP) is 1.80. The van der Waals surface area contributed by atoms with Crippen molar-refractivity contribution >= 4 is 35.2 Å². The number of rotatable bonds is 6. The average Bonchev–Trinajstić information content (AvgIpc) is 3.05. The molecule has 0 unspecified atom stereocenters. The number of hydrogen-bond donors (Lipinski definition) is 0. The summed E-state index contributed by atoms with van der Waals surface area (Å²) in [5, 5.41) is 10.6. The van der Waals surface area contributed by atoms with Gasteiger partial charge >= 0.3 is 5.97 Å². The maximum Gasteiger partial charge on any atom is 0.330 e. The van der Waals surface area contributed by atoms with Gasteiger partial charge in [0, 0.05) is 64.0 Å². The Balaban J connectivity index is 1.46. The minimum absolute atomic E-state index is 0.0166. The summed E-state index contributed by atoms with van der Waals surface area (Å²) in [6, 6.07) is 1.98. The molecule has 0 aromatic carbocycles. The molecule has 1 aromatic rings. The van der Waals surface area contributed by atoms with E-state index in [0.29, 0.717) is 11.1 Å². The van der Waals surface area contributed by atoms with E-state index in [1.807, 2.05) is 4.90 Å². The number of nitrogens with zero attached hydrogens (tertiary/aromatic N) is 4. The van der Waals surface area contributed by atoms with Crippen molar-refractivity contribution in [1.29, 1.82) is 5.26 Å². The van der Waals surface area contributed by atoms with Gasteiger partial charge in [-0.3, -0.25) is 34.0 Å². The van der Waals surface area contributed by atoms with E-state index >= 15 is 0 Å². The van der Waals surface area contributed by atoms with Crippen molar-refractivity contribution in [3.8, 4) is 6.07 Å². The second kappa shape index (κ2) is 11.7. The highest BCUT2D eigenvalue weighted by atomic mass is 16.5. The summed E-state index contributed by atoms with van der Waals surface area (Å²) < 4.78 is 16.4. The van der Waals surface area contributed by atoms with Gasteiger partial charge in [-0.1, -0.05) is 6.07 Å². The zero-order chi connectivity index (χ0) is 33.0. The number of ether oxygens (including phenoxy) is 3. The molecule has 12 heteroatoms. The lowest BCUT2D eigenvalue weighted by Gasteiger charge is -2.60. The van der Waals surface area contributed by atoms with Crippen molar-refractivity contribution in [2.45, 2.75) is 56.9 Å². The van der Waals surface area contributed by atoms with Crippen LogP contribution in [0, 0.1) is 11.3 Å². The maximum absolute atomic E-state index is 13.9. The van der Waals surface area contributed by atoms with Crippen LogP contribution in [0.3, 0.4) is 0 Å². The second-order valence-corrected chi connectivity index (χ2v) is 11.9. The molecule has 2 bridgehead atoms. The Morgan fingerprint density at radius 1 is 0.978 bits per heavy atom. The number of aromatic nitrogens is 1. The standard InChI is InChI=1S/C34H32N4O8/c1-16-29(40)19-12-22-28-27-20(30(41)17(2)34(45-5)32(27)43)11-21(37(28)3)23(13-35)38(22)24(26(19)31(42)33(16)44-4)15-46-25(39)9-8-18-7-6-10-36-14-18/h6-10,14,21-24,28H,11-12,15H2,1-5H3/b9-8+/t21-,22-,23-,24-,28-/m0/s1. The van der Waals surface area contributed by atoms with Crippen molar-refractivity contribution in [1.82, 2.24) is 14.8 Å². The number of nitriles is 1. The van der Waals surface area contributed by atoms with E-state index < -0.39 is 53.5 Å². The first-order chi connectivity index (χ1) is 22.0. The van der Waals surface area contributed by atoms with Crippen LogP contribution in [0.25, 0.3) is 6.08 Å². The van der Waals surface area contributed by atoms with Crippen LogP contribution in [0.15, 0.2) is 75.6 Å². The zero-order valence-corrected chi connectivity index (χ0v) is 26.0. The Labute approximate surface area is 265 Å². The van der Waals surface area contributed by atoms with E-state index in [9.17, 15) is 29.2 Å². The molecule has 5 aliphatic rings. The lowest BCUT2D eigenvalue weighted by Crippen LogP contribution is -2.74. The van der Waals surface area contributed by atoms with Gasteiger partial charge in [-0.05, 0) is 51.4 Å². The number of piperazine rings is 1. The van der Waals surface area contributed by atoms with Crippen molar-refractivity contribution in [3.63, 3.8) is 0 Å². The molecular weight excluding hydrogens is 592 g/mol. The van der Waals surface area contributed by atoms with Gasteiger partial charge in [0.2, 0.25) is 11.6 Å². The van der Waals surface area contributed by atoms with Gasteiger partial charge < -0.3 is 14.2 Å². The molecule has 12 nitrogen and oxygen atoms in total. The number of allylic oxidation sites excluding steroid dienone is 4. The van der Waals surface area contributed by atoms with Crippen LogP contribution >= 0.6 is 0 Å². The van der Waals surface area contributed by atoms with Crippen LogP contribution < -0.4 is 0 Å². The molecule has 3 aliphatic heterocycles. The Kier molecular flexibility index (Phi) is 7.92. The molecule has 46 heavy (non-hydrogen) atoms. The summed E-state index contributed by atoms with van der Waals surface area (Å²) in [6.07, 6.45) is 6.08. The molecule has 0 saturated carbocycles. The number of ketones is 4. The first kappa shape index (κ1) is 31.0. The second-order valence-electron chi connectivity index (χ2n) is 11.9.